The molecule has 0 aromatic heterocycles. The Labute approximate surface area is 135 Å². The van der Waals surface area contributed by atoms with Gasteiger partial charge in [0.2, 0.25) is 5.91 Å². The molecule has 0 atom stereocenters. The molecule has 1 amide bonds. The average Bonchev–Trinajstić information content (AvgIpc) is 2.55. The molecule has 0 radical (unpaired) electrons. The predicted octanol–water partition coefficient (Wildman–Crippen LogP) is 5.06. The first kappa shape index (κ1) is 18.4. The molecule has 0 aliphatic rings. The van der Waals surface area contributed by atoms with Crippen molar-refractivity contribution in [2.75, 3.05) is 0 Å². The highest BCUT2D eigenvalue weighted by Gasteiger charge is 2.05. The van der Waals surface area contributed by atoms with Crippen LogP contribution < -0.4 is 5.43 Å². The van der Waals surface area contributed by atoms with E-state index in [-0.39, 0.29) is 5.91 Å². The van der Waals surface area contributed by atoms with Gasteiger partial charge in [-0.05, 0) is 24.8 Å². The molecule has 1 N–H and O–H groups in total. The van der Waals surface area contributed by atoms with Crippen LogP contribution >= 0.6 is 0 Å². The Morgan fingerprint density at radius 1 is 0.909 bits per heavy atom. The summed E-state index contributed by atoms with van der Waals surface area (Å²) in [5.74, 6) is 0.0291. The van der Waals surface area contributed by atoms with E-state index < -0.39 is 0 Å². The maximum Gasteiger partial charge on any atom is 0.240 e. The van der Waals surface area contributed by atoms with Crippen LogP contribution in [-0.2, 0) is 4.79 Å². The minimum Gasteiger partial charge on any atom is -0.273 e. The molecular formula is C19H30N2O. The number of hydrogen-bond acceptors (Lipinski definition) is 2. The monoisotopic (exact) mass is 302 g/mol. The smallest absolute Gasteiger partial charge is 0.240 e. The Bertz CT molecular complexity index is 440. The molecule has 1 aromatic carbocycles. The van der Waals surface area contributed by atoms with Crippen molar-refractivity contribution in [2.24, 2.45) is 5.10 Å². The van der Waals surface area contributed by atoms with Crippen LogP contribution in [0, 0.1) is 0 Å². The molecule has 3 heteroatoms. The summed E-state index contributed by atoms with van der Waals surface area (Å²) < 4.78 is 0. The maximum absolute atomic E-state index is 11.9. The highest BCUT2D eigenvalue weighted by molar-refractivity contribution is 6.01. The van der Waals surface area contributed by atoms with Crippen LogP contribution in [0.3, 0.4) is 0 Å². The summed E-state index contributed by atoms with van der Waals surface area (Å²) >= 11 is 0. The Balaban J connectivity index is 2.45. The predicted molar refractivity (Wildman–Crippen MR) is 94.0 cm³/mol. The molecule has 0 unspecified atom stereocenters. The first-order valence-corrected chi connectivity index (χ1v) is 8.68. The zero-order chi connectivity index (χ0) is 16.0. The van der Waals surface area contributed by atoms with Gasteiger partial charge in [0.05, 0.1) is 5.71 Å². The van der Waals surface area contributed by atoms with Crippen molar-refractivity contribution in [3.8, 4) is 0 Å². The normalized spacial score (nSPS) is 11.5. The summed E-state index contributed by atoms with van der Waals surface area (Å²) in [5, 5.41) is 4.36. The number of hydrogen-bond donors (Lipinski definition) is 1. The summed E-state index contributed by atoms with van der Waals surface area (Å²) in [6, 6.07) is 10.1. The van der Waals surface area contributed by atoms with E-state index in [1.54, 1.807) is 0 Å². The van der Waals surface area contributed by atoms with Gasteiger partial charge in [0.1, 0.15) is 0 Å². The lowest BCUT2D eigenvalue weighted by Gasteiger charge is -2.07. The van der Waals surface area contributed by atoms with Crippen molar-refractivity contribution in [3.63, 3.8) is 0 Å². The maximum atomic E-state index is 11.9. The number of unbranched alkanes of at least 4 members (excludes halogenated alkanes) is 5. The van der Waals surface area contributed by atoms with E-state index in [0.29, 0.717) is 6.42 Å². The molecule has 0 saturated carbocycles. The fourth-order valence-corrected chi connectivity index (χ4v) is 2.31. The second kappa shape index (κ2) is 12.0. The van der Waals surface area contributed by atoms with Gasteiger partial charge in [0.25, 0.3) is 0 Å². The van der Waals surface area contributed by atoms with Crippen molar-refractivity contribution in [1.29, 1.82) is 0 Å². The molecule has 1 aromatic rings. The molecule has 122 valence electrons. The number of carbonyl (C=O) groups excluding carboxylic acids is 1. The largest absolute Gasteiger partial charge is 0.273 e. The molecule has 1 rings (SSSR count). The van der Waals surface area contributed by atoms with Gasteiger partial charge in [-0.15, -0.1) is 0 Å². The van der Waals surface area contributed by atoms with Crippen molar-refractivity contribution in [2.45, 2.75) is 71.6 Å². The van der Waals surface area contributed by atoms with E-state index >= 15 is 0 Å². The summed E-state index contributed by atoms with van der Waals surface area (Å²) in [6.45, 7) is 4.36. The van der Waals surface area contributed by atoms with Gasteiger partial charge in [0.15, 0.2) is 0 Å². The Hall–Kier alpha value is -1.64. The van der Waals surface area contributed by atoms with Gasteiger partial charge in [0, 0.05) is 6.42 Å². The van der Waals surface area contributed by atoms with Crippen LogP contribution in [0.5, 0.6) is 0 Å². The van der Waals surface area contributed by atoms with Crippen molar-refractivity contribution >= 4 is 11.6 Å². The van der Waals surface area contributed by atoms with Crippen molar-refractivity contribution < 1.29 is 4.79 Å². The Kier molecular flexibility index (Phi) is 10.0. The Morgan fingerprint density at radius 2 is 1.59 bits per heavy atom. The highest BCUT2D eigenvalue weighted by Crippen LogP contribution is 2.08. The summed E-state index contributed by atoms with van der Waals surface area (Å²) in [6.07, 6.45) is 9.48. The SMILES string of the molecule is CCCCCCCC(=O)N/N=C(\CCCC)c1ccccc1. The second-order valence-corrected chi connectivity index (χ2v) is 5.73. The number of benzene rings is 1. The van der Waals surface area contributed by atoms with Crippen LogP contribution in [0.4, 0.5) is 0 Å². The molecule has 0 saturated heterocycles. The van der Waals surface area contributed by atoms with Gasteiger partial charge in [-0.3, -0.25) is 4.79 Å². The van der Waals surface area contributed by atoms with Crippen LogP contribution in [0.15, 0.2) is 35.4 Å². The van der Waals surface area contributed by atoms with Gasteiger partial charge in [-0.25, -0.2) is 5.43 Å². The van der Waals surface area contributed by atoms with Gasteiger partial charge in [-0.1, -0.05) is 76.3 Å². The van der Waals surface area contributed by atoms with Crippen LogP contribution in [-0.4, -0.2) is 11.6 Å². The molecule has 0 aliphatic carbocycles. The van der Waals surface area contributed by atoms with Gasteiger partial charge in [-0.2, -0.15) is 5.10 Å². The molecule has 0 bridgehead atoms. The number of nitrogens with one attached hydrogen (secondary N) is 1. The molecule has 0 aliphatic heterocycles. The first-order valence-electron chi connectivity index (χ1n) is 8.68. The summed E-state index contributed by atoms with van der Waals surface area (Å²) in [7, 11) is 0. The minimum absolute atomic E-state index is 0.0291. The lowest BCUT2D eigenvalue weighted by Crippen LogP contribution is -2.19. The highest BCUT2D eigenvalue weighted by atomic mass is 16.2. The second-order valence-electron chi connectivity index (χ2n) is 5.73. The third-order valence-electron chi connectivity index (χ3n) is 3.70. The topological polar surface area (TPSA) is 41.5 Å². The van der Waals surface area contributed by atoms with Crippen molar-refractivity contribution in [3.05, 3.63) is 35.9 Å². The van der Waals surface area contributed by atoms with E-state index in [9.17, 15) is 4.79 Å². The third kappa shape index (κ3) is 7.96. The first-order chi connectivity index (χ1) is 10.8. The Morgan fingerprint density at radius 3 is 2.27 bits per heavy atom. The lowest BCUT2D eigenvalue weighted by atomic mass is 10.1. The summed E-state index contributed by atoms with van der Waals surface area (Å²) in [5.41, 5.74) is 4.80. The number of nitrogens with zero attached hydrogens (tertiary/aromatic N) is 1. The van der Waals surface area contributed by atoms with Crippen LogP contribution in [0.1, 0.15) is 77.2 Å². The average molecular weight is 302 g/mol. The standard InChI is InChI=1S/C19H30N2O/c1-3-5-7-8-12-16-19(22)21-20-18(15-6-4-2)17-13-10-9-11-14-17/h9-11,13-14H,3-8,12,15-16H2,1-2H3,(H,21,22)/b20-18+. The van der Waals surface area contributed by atoms with E-state index in [2.05, 4.69) is 24.4 Å². The molecule has 0 fully saturated rings. The van der Waals surface area contributed by atoms with E-state index in [4.69, 9.17) is 0 Å². The number of rotatable bonds is 11. The molecule has 0 spiro atoms. The van der Waals surface area contributed by atoms with Crippen LogP contribution in [0.25, 0.3) is 0 Å². The number of amides is 1. The minimum atomic E-state index is 0.0291. The van der Waals surface area contributed by atoms with Gasteiger partial charge < -0.3 is 0 Å². The van der Waals surface area contributed by atoms with E-state index in [1.807, 2.05) is 30.3 Å². The molecule has 22 heavy (non-hydrogen) atoms. The fraction of sp³-hybridized carbons (Fsp3) is 0.579. The summed E-state index contributed by atoms with van der Waals surface area (Å²) in [4.78, 5) is 11.9. The molecule has 3 nitrogen and oxygen atoms in total. The number of carbonyl (C=O) groups is 1. The van der Waals surface area contributed by atoms with E-state index in [0.717, 1.165) is 43.4 Å². The van der Waals surface area contributed by atoms with Crippen LogP contribution in [0.2, 0.25) is 0 Å². The lowest BCUT2D eigenvalue weighted by molar-refractivity contribution is -0.121. The quantitative estimate of drug-likeness (QED) is 0.346. The van der Waals surface area contributed by atoms with Gasteiger partial charge >= 0.3 is 0 Å². The zero-order valence-electron chi connectivity index (χ0n) is 14.1. The molecular weight excluding hydrogens is 272 g/mol. The molecule has 0 heterocycles. The zero-order valence-corrected chi connectivity index (χ0v) is 14.1. The third-order valence-corrected chi connectivity index (χ3v) is 3.70. The number of hydrazone groups is 1. The van der Waals surface area contributed by atoms with Crippen molar-refractivity contribution in [1.82, 2.24) is 5.43 Å². The fourth-order valence-electron chi connectivity index (χ4n) is 2.31. The van der Waals surface area contributed by atoms with E-state index in [1.165, 1.54) is 19.3 Å².